The molecule has 0 radical (unpaired) electrons. The van der Waals surface area contributed by atoms with Gasteiger partial charge in [-0.1, -0.05) is 0 Å². The highest BCUT2D eigenvalue weighted by Gasteiger charge is 2.11. The first kappa shape index (κ1) is 9.31. The van der Waals surface area contributed by atoms with Gasteiger partial charge in [-0.15, -0.1) is 0 Å². The predicted octanol–water partition coefficient (Wildman–Crippen LogP) is 0.534. The van der Waals surface area contributed by atoms with Crippen molar-refractivity contribution in [2.24, 2.45) is 0 Å². The van der Waals surface area contributed by atoms with Gasteiger partial charge in [-0.3, -0.25) is 9.59 Å². The number of hydrogen-bond acceptors (Lipinski definition) is 3. The standard InChI is InChI=1S/C8H8O5/c9-7(10)1-5-3-13-4-6(5)2-8(11)12/h3-4H,1-2H2,(H,9,10)(H,11,12). The summed E-state index contributed by atoms with van der Waals surface area (Å²) < 4.78 is 4.72. The topological polar surface area (TPSA) is 87.7 Å². The van der Waals surface area contributed by atoms with Gasteiger partial charge in [0, 0.05) is 11.1 Å². The number of furan rings is 1. The molecule has 0 aliphatic carbocycles. The van der Waals surface area contributed by atoms with Crippen LogP contribution in [0.25, 0.3) is 0 Å². The molecule has 2 N–H and O–H groups in total. The maximum Gasteiger partial charge on any atom is 0.307 e. The molecule has 5 nitrogen and oxygen atoms in total. The van der Waals surface area contributed by atoms with Gasteiger partial charge in [0.1, 0.15) is 0 Å². The molecule has 0 aromatic carbocycles. The molecule has 0 spiro atoms. The summed E-state index contributed by atoms with van der Waals surface area (Å²) in [5.41, 5.74) is 0.824. The van der Waals surface area contributed by atoms with Crippen LogP contribution in [0.3, 0.4) is 0 Å². The number of carboxylic acids is 2. The highest BCUT2D eigenvalue weighted by Crippen LogP contribution is 2.11. The fraction of sp³-hybridized carbons (Fsp3) is 0.250. The van der Waals surface area contributed by atoms with Crippen molar-refractivity contribution in [2.45, 2.75) is 12.8 Å². The van der Waals surface area contributed by atoms with E-state index in [4.69, 9.17) is 14.6 Å². The summed E-state index contributed by atoms with van der Waals surface area (Å²) in [4.78, 5) is 20.6. The van der Waals surface area contributed by atoms with Crippen molar-refractivity contribution >= 4 is 11.9 Å². The minimum absolute atomic E-state index is 0.209. The third-order valence-corrected chi connectivity index (χ3v) is 1.52. The fourth-order valence-electron chi connectivity index (χ4n) is 0.986. The van der Waals surface area contributed by atoms with Crippen LogP contribution in [-0.4, -0.2) is 22.2 Å². The largest absolute Gasteiger partial charge is 0.481 e. The molecule has 1 rings (SSSR count). The fourth-order valence-corrected chi connectivity index (χ4v) is 0.986. The lowest BCUT2D eigenvalue weighted by Crippen LogP contribution is -2.05. The van der Waals surface area contributed by atoms with Crippen LogP contribution >= 0.6 is 0 Å². The van der Waals surface area contributed by atoms with Crippen LogP contribution in [0, 0.1) is 0 Å². The Labute approximate surface area is 73.6 Å². The molecule has 70 valence electrons. The third-order valence-electron chi connectivity index (χ3n) is 1.52. The second kappa shape index (κ2) is 3.75. The Hall–Kier alpha value is -1.78. The van der Waals surface area contributed by atoms with E-state index >= 15 is 0 Å². The lowest BCUT2D eigenvalue weighted by molar-refractivity contribution is -0.137. The van der Waals surface area contributed by atoms with Crippen molar-refractivity contribution < 1.29 is 24.2 Å². The Bertz CT molecular complexity index is 295. The van der Waals surface area contributed by atoms with Crippen molar-refractivity contribution in [2.75, 3.05) is 0 Å². The third kappa shape index (κ3) is 2.62. The van der Waals surface area contributed by atoms with Crippen LogP contribution in [-0.2, 0) is 22.4 Å². The summed E-state index contributed by atoms with van der Waals surface area (Å²) in [5, 5.41) is 16.9. The quantitative estimate of drug-likeness (QED) is 0.712. The van der Waals surface area contributed by atoms with E-state index in [0.29, 0.717) is 11.1 Å². The average Bonchev–Trinajstić information content (AvgIpc) is 2.34. The molecule has 13 heavy (non-hydrogen) atoms. The van der Waals surface area contributed by atoms with E-state index in [9.17, 15) is 9.59 Å². The number of aliphatic carboxylic acids is 2. The lowest BCUT2D eigenvalue weighted by Gasteiger charge is -1.95. The second-order valence-electron chi connectivity index (χ2n) is 2.56. The Morgan fingerprint density at radius 2 is 1.46 bits per heavy atom. The monoisotopic (exact) mass is 184 g/mol. The summed E-state index contributed by atoms with van der Waals surface area (Å²) >= 11 is 0. The highest BCUT2D eigenvalue weighted by atomic mass is 16.4. The van der Waals surface area contributed by atoms with Crippen LogP contribution in [0.1, 0.15) is 11.1 Å². The molecular formula is C8H8O5. The Morgan fingerprint density at radius 1 is 1.08 bits per heavy atom. The molecular weight excluding hydrogens is 176 g/mol. The van der Waals surface area contributed by atoms with Gasteiger partial charge >= 0.3 is 11.9 Å². The van der Waals surface area contributed by atoms with Gasteiger partial charge in [0.2, 0.25) is 0 Å². The predicted molar refractivity (Wildman–Crippen MR) is 41.4 cm³/mol. The molecule has 0 saturated carbocycles. The van der Waals surface area contributed by atoms with Gasteiger partial charge in [0.05, 0.1) is 25.4 Å². The Morgan fingerprint density at radius 3 is 1.77 bits per heavy atom. The first-order chi connectivity index (χ1) is 6.09. The number of carboxylic acid groups (broad SMARTS) is 2. The van der Waals surface area contributed by atoms with E-state index in [2.05, 4.69) is 0 Å². The Balaban J connectivity index is 2.76. The first-order valence-corrected chi connectivity index (χ1v) is 3.57. The van der Waals surface area contributed by atoms with Crippen LogP contribution in [0.5, 0.6) is 0 Å². The molecule has 0 fully saturated rings. The molecule has 0 atom stereocenters. The van der Waals surface area contributed by atoms with E-state index in [1.165, 1.54) is 12.5 Å². The SMILES string of the molecule is O=C(O)Cc1cocc1CC(=O)O. The Kier molecular flexibility index (Phi) is 2.69. The zero-order valence-corrected chi connectivity index (χ0v) is 6.69. The average molecular weight is 184 g/mol. The number of rotatable bonds is 4. The van der Waals surface area contributed by atoms with E-state index in [1.807, 2.05) is 0 Å². The van der Waals surface area contributed by atoms with E-state index in [0.717, 1.165) is 0 Å². The lowest BCUT2D eigenvalue weighted by atomic mass is 10.1. The van der Waals surface area contributed by atoms with Crippen molar-refractivity contribution in [3.8, 4) is 0 Å². The van der Waals surface area contributed by atoms with E-state index < -0.39 is 11.9 Å². The van der Waals surface area contributed by atoms with Crippen LogP contribution in [0.15, 0.2) is 16.9 Å². The summed E-state index contributed by atoms with van der Waals surface area (Å²) in [6, 6.07) is 0. The maximum atomic E-state index is 10.3. The molecule has 5 heteroatoms. The molecule has 1 aromatic rings. The molecule has 0 aliphatic heterocycles. The summed E-state index contributed by atoms with van der Waals surface area (Å²) in [7, 11) is 0. The number of carbonyl (C=O) groups is 2. The molecule has 1 aromatic heterocycles. The van der Waals surface area contributed by atoms with Crippen LogP contribution in [0.4, 0.5) is 0 Å². The molecule has 0 bridgehead atoms. The summed E-state index contributed by atoms with van der Waals surface area (Å²) in [6.07, 6.45) is 2.09. The van der Waals surface area contributed by atoms with Gasteiger partial charge in [0.15, 0.2) is 0 Å². The summed E-state index contributed by atoms with van der Waals surface area (Å²) in [6.45, 7) is 0. The van der Waals surface area contributed by atoms with Gasteiger partial charge in [-0.25, -0.2) is 0 Å². The normalized spacial score (nSPS) is 9.85. The van der Waals surface area contributed by atoms with E-state index in [1.54, 1.807) is 0 Å². The van der Waals surface area contributed by atoms with Gasteiger partial charge < -0.3 is 14.6 Å². The van der Waals surface area contributed by atoms with Gasteiger partial charge in [-0.2, -0.15) is 0 Å². The second-order valence-corrected chi connectivity index (χ2v) is 2.56. The van der Waals surface area contributed by atoms with Crippen LogP contribution < -0.4 is 0 Å². The van der Waals surface area contributed by atoms with Crippen molar-refractivity contribution in [3.05, 3.63) is 23.7 Å². The zero-order chi connectivity index (χ0) is 9.84. The highest BCUT2D eigenvalue weighted by molar-refractivity contribution is 5.73. The maximum absolute atomic E-state index is 10.3. The number of hydrogen-bond donors (Lipinski definition) is 2. The minimum Gasteiger partial charge on any atom is -0.481 e. The molecule has 1 heterocycles. The van der Waals surface area contributed by atoms with Gasteiger partial charge in [-0.05, 0) is 0 Å². The molecule has 0 saturated heterocycles. The molecule has 0 unspecified atom stereocenters. The van der Waals surface area contributed by atoms with Crippen molar-refractivity contribution in [3.63, 3.8) is 0 Å². The molecule has 0 aliphatic rings. The zero-order valence-electron chi connectivity index (χ0n) is 6.69. The van der Waals surface area contributed by atoms with Crippen molar-refractivity contribution in [1.82, 2.24) is 0 Å². The summed E-state index contributed by atoms with van der Waals surface area (Å²) in [5.74, 6) is -2.01. The van der Waals surface area contributed by atoms with Crippen molar-refractivity contribution in [1.29, 1.82) is 0 Å². The molecule has 0 amide bonds. The smallest absolute Gasteiger partial charge is 0.307 e. The first-order valence-electron chi connectivity index (χ1n) is 3.57. The van der Waals surface area contributed by atoms with Crippen LogP contribution in [0.2, 0.25) is 0 Å². The minimum atomic E-state index is -1.01. The van der Waals surface area contributed by atoms with Gasteiger partial charge in [0.25, 0.3) is 0 Å². The van der Waals surface area contributed by atoms with E-state index in [-0.39, 0.29) is 12.8 Å².